The molecule has 0 radical (unpaired) electrons. The summed E-state index contributed by atoms with van der Waals surface area (Å²) < 4.78 is 31.4. The number of carbonyl (C=O) groups is 1. The minimum Gasteiger partial charge on any atom is -0.441 e. The summed E-state index contributed by atoms with van der Waals surface area (Å²) in [4.78, 5) is 12.2. The van der Waals surface area contributed by atoms with Gasteiger partial charge < -0.3 is 4.74 Å². The van der Waals surface area contributed by atoms with Crippen LogP contribution >= 0.6 is 0 Å². The molecule has 2 rings (SSSR count). The minimum absolute atomic E-state index is 0.0922. The SMILES string of the molecule is C=C[C@@H]1OC(=O)N(S(=O)(=O)c2ccc(C)cc2)C[C@H]1C(C)C. The standard InChI is InChI=1S/C16H21NO4S/c1-5-15-14(11(2)3)10-17(16(18)21-15)22(19,20)13-8-6-12(4)7-9-13/h5-9,11,14-15H,1,10H2,2-4H3/t14-,15-/m0/s1. The third-order valence-corrected chi connectivity index (χ3v) is 5.68. The van der Waals surface area contributed by atoms with Crippen LogP contribution in [0.5, 0.6) is 0 Å². The van der Waals surface area contributed by atoms with E-state index in [2.05, 4.69) is 6.58 Å². The van der Waals surface area contributed by atoms with E-state index in [0.29, 0.717) is 0 Å². The number of nitrogens with zero attached hydrogens (tertiary/aromatic N) is 1. The maximum atomic E-state index is 12.7. The first-order valence-corrected chi connectivity index (χ1v) is 8.64. The van der Waals surface area contributed by atoms with Crippen molar-refractivity contribution in [3.63, 3.8) is 0 Å². The molecule has 0 bridgehead atoms. The van der Waals surface area contributed by atoms with E-state index in [1.165, 1.54) is 12.1 Å². The lowest BCUT2D eigenvalue weighted by Crippen LogP contribution is -2.51. The molecule has 1 aliphatic rings. The molecule has 22 heavy (non-hydrogen) atoms. The zero-order valence-electron chi connectivity index (χ0n) is 13.0. The van der Waals surface area contributed by atoms with Gasteiger partial charge in [0.05, 0.1) is 4.90 Å². The van der Waals surface area contributed by atoms with E-state index in [1.54, 1.807) is 18.2 Å². The maximum absolute atomic E-state index is 12.7. The van der Waals surface area contributed by atoms with Gasteiger partial charge in [-0.15, -0.1) is 0 Å². The molecule has 120 valence electrons. The largest absolute Gasteiger partial charge is 0.441 e. The first-order valence-electron chi connectivity index (χ1n) is 7.20. The molecule has 1 aromatic rings. The van der Waals surface area contributed by atoms with E-state index in [1.807, 2.05) is 20.8 Å². The van der Waals surface area contributed by atoms with Crippen molar-refractivity contribution >= 4 is 16.1 Å². The second-order valence-corrected chi connectivity index (χ2v) is 7.70. The Kier molecular flexibility index (Phi) is 4.60. The van der Waals surface area contributed by atoms with Crippen LogP contribution in [-0.2, 0) is 14.8 Å². The van der Waals surface area contributed by atoms with Crippen LogP contribution in [0.3, 0.4) is 0 Å². The van der Waals surface area contributed by atoms with Crippen LogP contribution in [0, 0.1) is 18.8 Å². The van der Waals surface area contributed by atoms with Crippen LogP contribution < -0.4 is 0 Å². The van der Waals surface area contributed by atoms with Gasteiger partial charge in [0.25, 0.3) is 10.0 Å². The van der Waals surface area contributed by atoms with Crippen molar-refractivity contribution in [2.24, 2.45) is 11.8 Å². The first kappa shape index (κ1) is 16.5. The highest BCUT2D eigenvalue weighted by atomic mass is 32.2. The molecule has 1 saturated heterocycles. The normalized spacial score (nSPS) is 22.5. The zero-order valence-corrected chi connectivity index (χ0v) is 13.8. The van der Waals surface area contributed by atoms with Crippen LogP contribution in [0.1, 0.15) is 19.4 Å². The molecular formula is C16H21NO4S. The number of sulfonamides is 1. The zero-order chi connectivity index (χ0) is 16.5. The number of benzene rings is 1. The van der Waals surface area contributed by atoms with E-state index >= 15 is 0 Å². The smallest absolute Gasteiger partial charge is 0.424 e. The molecule has 5 nitrogen and oxygen atoms in total. The molecule has 0 aromatic heterocycles. The van der Waals surface area contributed by atoms with Crippen LogP contribution in [0.25, 0.3) is 0 Å². The lowest BCUT2D eigenvalue weighted by molar-refractivity contribution is 0.0204. The summed E-state index contributed by atoms with van der Waals surface area (Å²) in [5, 5.41) is 0. The molecule has 1 aliphatic heterocycles. The second-order valence-electron chi connectivity index (χ2n) is 5.84. The molecule has 0 saturated carbocycles. The van der Waals surface area contributed by atoms with Gasteiger partial charge in [0, 0.05) is 12.5 Å². The Bertz CT molecular complexity index is 664. The lowest BCUT2D eigenvalue weighted by Gasteiger charge is -2.37. The van der Waals surface area contributed by atoms with Crippen molar-refractivity contribution < 1.29 is 17.9 Å². The topological polar surface area (TPSA) is 63.7 Å². The van der Waals surface area contributed by atoms with Gasteiger partial charge in [0.2, 0.25) is 0 Å². The number of rotatable bonds is 4. The van der Waals surface area contributed by atoms with Crippen molar-refractivity contribution in [2.45, 2.75) is 31.8 Å². The predicted octanol–water partition coefficient (Wildman–Crippen LogP) is 2.96. The summed E-state index contributed by atoms with van der Waals surface area (Å²) in [6, 6.07) is 6.41. The molecule has 1 fully saturated rings. The summed E-state index contributed by atoms with van der Waals surface area (Å²) in [6.07, 6.45) is 0.248. The number of cyclic esters (lactones) is 1. The van der Waals surface area contributed by atoms with Gasteiger partial charge in [-0.1, -0.05) is 44.2 Å². The highest BCUT2D eigenvalue weighted by Crippen LogP contribution is 2.29. The van der Waals surface area contributed by atoms with Crippen molar-refractivity contribution in [3.05, 3.63) is 42.5 Å². The van der Waals surface area contributed by atoms with E-state index < -0.39 is 22.2 Å². The molecule has 1 aromatic carbocycles. The number of ether oxygens (including phenoxy) is 1. The maximum Gasteiger partial charge on any atom is 0.424 e. The van der Waals surface area contributed by atoms with Crippen molar-refractivity contribution in [3.8, 4) is 0 Å². The Morgan fingerprint density at radius 2 is 1.91 bits per heavy atom. The van der Waals surface area contributed by atoms with Crippen LogP contribution in [0.15, 0.2) is 41.8 Å². The van der Waals surface area contributed by atoms with Gasteiger partial charge in [0.1, 0.15) is 6.10 Å². The monoisotopic (exact) mass is 323 g/mol. The summed E-state index contributed by atoms with van der Waals surface area (Å²) in [5.74, 6) is 0.0437. The molecule has 6 heteroatoms. The van der Waals surface area contributed by atoms with Gasteiger partial charge >= 0.3 is 6.09 Å². The average Bonchev–Trinajstić information content (AvgIpc) is 2.46. The van der Waals surface area contributed by atoms with Crippen LogP contribution in [-0.4, -0.2) is 31.5 Å². The van der Waals surface area contributed by atoms with E-state index in [4.69, 9.17) is 4.74 Å². The summed E-state index contributed by atoms with van der Waals surface area (Å²) >= 11 is 0. The molecule has 0 N–H and O–H groups in total. The average molecular weight is 323 g/mol. The number of carbonyl (C=O) groups excluding carboxylic acids is 1. The van der Waals surface area contributed by atoms with Gasteiger partial charge in [-0.3, -0.25) is 0 Å². The number of hydrogen-bond acceptors (Lipinski definition) is 4. The summed E-state index contributed by atoms with van der Waals surface area (Å²) in [6.45, 7) is 9.57. The Labute approximate surface area is 131 Å². The third-order valence-electron chi connectivity index (χ3n) is 3.94. The Morgan fingerprint density at radius 3 is 2.41 bits per heavy atom. The summed E-state index contributed by atoms with van der Waals surface area (Å²) in [7, 11) is -3.90. The molecule has 1 heterocycles. The summed E-state index contributed by atoms with van der Waals surface area (Å²) in [5.41, 5.74) is 0.951. The molecule has 2 atom stereocenters. The van der Waals surface area contributed by atoms with Crippen molar-refractivity contribution in [2.75, 3.05) is 6.54 Å². The Balaban J connectivity index is 2.36. The highest BCUT2D eigenvalue weighted by Gasteiger charge is 2.41. The molecule has 1 amide bonds. The molecule has 0 spiro atoms. The van der Waals surface area contributed by atoms with Crippen LogP contribution in [0.4, 0.5) is 4.79 Å². The van der Waals surface area contributed by atoms with Crippen molar-refractivity contribution in [1.82, 2.24) is 4.31 Å². The quantitative estimate of drug-likeness (QED) is 0.799. The predicted molar refractivity (Wildman–Crippen MR) is 83.9 cm³/mol. The van der Waals surface area contributed by atoms with E-state index in [-0.39, 0.29) is 23.3 Å². The van der Waals surface area contributed by atoms with Gasteiger partial charge in [-0.25, -0.2) is 13.2 Å². The first-order chi connectivity index (χ1) is 10.3. The lowest BCUT2D eigenvalue weighted by atomic mass is 9.89. The molecule has 0 aliphatic carbocycles. The fourth-order valence-corrected chi connectivity index (χ4v) is 3.82. The van der Waals surface area contributed by atoms with Gasteiger partial charge in [-0.05, 0) is 25.0 Å². The van der Waals surface area contributed by atoms with Crippen LogP contribution in [0.2, 0.25) is 0 Å². The van der Waals surface area contributed by atoms with E-state index in [0.717, 1.165) is 9.87 Å². The van der Waals surface area contributed by atoms with Gasteiger partial charge in [0.15, 0.2) is 0 Å². The fourth-order valence-electron chi connectivity index (χ4n) is 2.48. The second kappa shape index (κ2) is 6.12. The Hall–Kier alpha value is -1.82. The highest BCUT2D eigenvalue weighted by molar-refractivity contribution is 7.89. The Morgan fingerprint density at radius 1 is 1.32 bits per heavy atom. The number of amides is 1. The fraction of sp³-hybridized carbons (Fsp3) is 0.438. The number of hydrogen-bond donors (Lipinski definition) is 0. The molecule has 0 unspecified atom stereocenters. The molecular weight excluding hydrogens is 302 g/mol. The van der Waals surface area contributed by atoms with E-state index in [9.17, 15) is 13.2 Å². The third kappa shape index (κ3) is 3.02. The number of aryl methyl sites for hydroxylation is 1. The minimum atomic E-state index is -3.90. The van der Waals surface area contributed by atoms with Gasteiger partial charge in [-0.2, -0.15) is 4.31 Å². The van der Waals surface area contributed by atoms with Crippen molar-refractivity contribution in [1.29, 1.82) is 0 Å².